The zero-order valence-corrected chi connectivity index (χ0v) is 10.8. The van der Waals surface area contributed by atoms with Crippen LogP contribution in [0, 0.1) is 0 Å². The summed E-state index contributed by atoms with van der Waals surface area (Å²) in [5.74, 6) is 0. The van der Waals surface area contributed by atoms with Gasteiger partial charge in [0.15, 0.2) is 0 Å². The van der Waals surface area contributed by atoms with Gasteiger partial charge in [0.2, 0.25) is 10.0 Å². The van der Waals surface area contributed by atoms with Crippen molar-refractivity contribution in [1.82, 2.24) is 9.97 Å². The number of hydrogen-bond donors (Lipinski definition) is 3. The second-order valence-corrected chi connectivity index (χ2v) is 5.59. The van der Waals surface area contributed by atoms with E-state index in [1.807, 2.05) is 0 Å². The van der Waals surface area contributed by atoms with Crippen LogP contribution in [-0.4, -0.2) is 18.4 Å². The molecule has 0 fully saturated rings. The van der Waals surface area contributed by atoms with Crippen LogP contribution in [0.4, 0.5) is 5.69 Å². The Kier molecular flexibility index (Phi) is 3.55. The van der Waals surface area contributed by atoms with Gasteiger partial charge in [-0.25, -0.2) is 18.5 Å². The number of H-pyrrole nitrogens is 1. The van der Waals surface area contributed by atoms with Crippen LogP contribution in [0.25, 0.3) is 0 Å². The highest BCUT2D eigenvalue weighted by atomic mass is 35.5. The number of imidazole rings is 1. The van der Waals surface area contributed by atoms with Crippen LogP contribution in [0.1, 0.15) is 5.69 Å². The number of nitrogens with two attached hydrogens (primary N) is 1. The molecule has 2 rings (SSSR count). The summed E-state index contributed by atoms with van der Waals surface area (Å²) in [6.45, 7) is 0.452. The first kappa shape index (κ1) is 12.9. The van der Waals surface area contributed by atoms with Gasteiger partial charge in [0, 0.05) is 6.20 Å². The number of anilines is 1. The molecule has 18 heavy (non-hydrogen) atoms. The first-order valence-corrected chi connectivity index (χ1v) is 6.93. The first-order chi connectivity index (χ1) is 8.47. The van der Waals surface area contributed by atoms with Crippen LogP contribution in [-0.2, 0) is 16.6 Å². The zero-order valence-electron chi connectivity index (χ0n) is 9.22. The van der Waals surface area contributed by atoms with Gasteiger partial charge >= 0.3 is 0 Å². The molecule has 1 aromatic carbocycles. The number of benzene rings is 1. The van der Waals surface area contributed by atoms with Crippen LogP contribution >= 0.6 is 11.6 Å². The van der Waals surface area contributed by atoms with Gasteiger partial charge in [-0.3, -0.25) is 0 Å². The quantitative estimate of drug-likeness (QED) is 0.789. The molecule has 8 heteroatoms. The average molecular weight is 287 g/mol. The summed E-state index contributed by atoms with van der Waals surface area (Å²) in [5.41, 5.74) is 1.35. The lowest BCUT2D eigenvalue weighted by Crippen LogP contribution is -2.12. The van der Waals surface area contributed by atoms with E-state index < -0.39 is 10.0 Å². The number of aromatic nitrogens is 2. The van der Waals surface area contributed by atoms with E-state index in [1.165, 1.54) is 18.2 Å². The van der Waals surface area contributed by atoms with Crippen LogP contribution in [0.2, 0.25) is 5.02 Å². The Hall–Kier alpha value is -1.57. The van der Waals surface area contributed by atoms with Gasteiger partial charge in [-0.05, 0) is 18.2 Å². The molecule has 0 bridgehead atoms. The Bertz CT molecular complexity index is 640. The molecular weight excluding hydrogens is 276 g/mol. The van der Waals surface area contributed by atoms with Crippen LogP contribution < -0.4 is 10.5 Å². The Morgan fingerprint density at radius 1 is 1.44 bits per heavy atom. The van der Waals surface area contributed by atoms with Gasteiger partial charge in [0.1, 0.15) is 0 Å². The van der Waals surface area contributed by atoms with Crippen molar-refractivity contribution >= 4 is 27.3 Å². The molecule has 6 nitrogen and oxygen atoms in total. The van der Waals surface area contributed by atoms with E-state index in [2.05, 4.69) is 15.3 Å². The summed E-state index contributed by atoms with van der Waals surface area (Å²) < 4.78 is 22.4. The largest absolute Gasteiger partial charge is 0.378 e. The van der Waals surface area contributed by atoms with Crippen molar-refractivity contribution in [3.8, 4) is 0 Å². The molecule has 0 amide bonds. The van der Waals surface area contributed by atoms with Gasteiger partial charge in [0.05, 0.1) is 34.2 Å². The molecule has 96 valence electrons. The Morgan fingerprint density at radius 3 is 2.83 bits per heavy atom. The fourth-order valence-electron chi connectivity index (χ4n) is 1.39. The lowest BCUT2D eigenvalue weighted by atomic mass is 10.3. The number of aromatic amines is 1. The minimum absolute atomic E-state index is 0.0130. The molecule has 4 N–H and O–H groups in total. The fourth-order valence-corrected chi connectivity index (χ4v) is 2.11. The predicted octanol–water partition coefficient (Wildman–Crippen LogP) is 1.32. The van der Waals surface area contributed by atoms with Crippen molar-refractivity contribution in [2.45, 2.75) is 11.4 Å². The summed E-state index contributed by atoms with van der Waals surface area (Å²) in [7, 11) is -3.73. The standard InChI is InChI=1S/C10H11ClN4O2S/c11-9-2-1-8(18(12,16)17)3-10(9)14-5-7-4-13-6-15-7/h1-4,6,14H,5H2,(H,13,15)(H2,12,16,17). The molecule has 0 aliphatic heterocycles. The molecule has 0 aliphatic carbocycles. The first-order valence-electron chi connectivity index (χ1n) is 5.00. The molecule has 0 atom stereocenters. The third-order valence-corrected chi connectivity index (χ3v) is 3.53. The Morgan fingerprint density at radius 2 is 2.22 bits per heavy atom. The number of primary sulfonamides is 1. The van der Waals surface area contributed by atoms with E-state index >= 15 is 0 Å². The number of nitrogens with zero attached hydrogens (tertiary/aromatic N) is 1. The van der Waals surface area contributed by atoms with E-state index in [-0.39, 0.29) is 4.90 Å². The summed E-state index contributed by atoms with van der Waals surface area (Å²) in [5, 5.41) is 8.47. The molecule has 1 heterocycles. The molecule has 0 spiro atoms. The van der Waals surface area contributed by atoms with Gasteiger partial charge in [-0.15, -0.1) is 0 Å². The molecule has 1 aromatic heterocycles. The van der Waals surface area contributed by atoms with Crippen molar-refractivity contribution in [2.75, 3.05) is 5.32 Å². The molecule has 0 radical (unpaired) electrons. The minimum atomic E-state index is -3.73. The van der Waals surface area contributed by atoms with E-state index in [0.717, 1.165) is 5.69 Å². The van der Waals surface area contributed by atoms with Gasteiger partial charge < -0.3 is 10.3 Å². The fraction of sp³-hybridized carbons (Fsp3) is 0.100. The number of halogens is 1. The Labute approximate surface area is 109 Å². The van der Waals surface area contributed by atoms with Gasteiger partial charge in [-0.1, -0.05) is 11.6 Å². The number of sulfonamides is 1. The lowest BCUT2D eigenvalue weighted by molar-refractivity contribution is 0.598. The van der Waals surface area contributed by atoms with Crippen molar-refractivity contribution in [3.05, 3.63) is 41.4 Å². The van der Waals surface area contributed by atoms with E-state index in [4.69, 9.17) is 16.7 Å². The molecular formula is C10H11ClN4O2S. The van der Waals surface area contributed by atoms with Gasteiger partial charge in [0.25, 0.3) is 0 Å². The summed E-state index contributed by atoms with van der Waals surface area (Å²) in [4.78, 5) is 6.79. The normalized spacial score (nSPS) is 11.4. The van der Waals surface area contributed by atoms with E-state index in [0.29, 0.717) is 17.3 Å². The maximum absolute atomic E-state index is 11.2. The Balaban J connectivity index is 2.22. The topological polar surface area (TPSA) is 101 Å². The van der Waals surface area contributed by atoms with Gasteiger partial charge in [-0.2, -0.15) is 0 Å². The monoisotopic (exact) mass is 286 g/mol. The van der Waals surface area contributed by atoms with E-state index in [1.54, 1.807) is 12.5 Å². The van der Waals surface area contributed by atoms with Crippen molar-refractivity contribution in [2.24, 2.45) is 5.14 Å². The summed E-state index contributed by atoms with van der Waals surface area (Å²) >= 11 is 5.96. The maximum Gasteiger partial charge on any atom is 0.238 e. The summed E-state index contributed by atoms with van der Waals surface area (Å²) in [6.07, 6.45) is 3.21. The second kappa shape index (κ2) is 4.97. The SMILES string of the molecule is NS(=O)(=O)c1ccc(Cl)c(NCc2cnc[nH]2)c1. The second-order valence-electron chi connectivity index (χ2n) is 3.62. The third kappa shape index (κ3) is 3.00. The maximum atomic E-state index is 11.2. The molecule has 2 aromatic rings. The number of nitrogens with one attached hydrogen (secondary N) is 2. The third-order valence-electron chi connectivity index (χ3n) is 2.29. The minimum Gasteiger partial charge on any atom is -0.378 e. The van der Waals surface area contributed by atoms with Crippen LogP contribution in [0.15, 0.2) is 35.6 Å². The molecule has 0 unspecified atom stereocenters. The smallest absolute Gasteiger partial charge is 0.238 e. The predicted molar refractivity (Wildman–Crippen MR) is 68.7 cm³/mol. The van der Waals surface area contributed by atoms with Crippen molar-refractivity contribution in [3.63, 3.8) is 0 Å². The average Bonchev–Trinajstić information content (AvgIpc) is 2.79. The van der Waals surface area contributed by atoms with Crippen LogP contribution in [0.3, 0.4) is 0 Å². The lowest BCUT2D eigenvalue weighted by Gasteiger charge is -2.08. The van der Waals surface area contributed by atoms with Crippen molar-refractivity contribution in [1.29, 1.82) is 0 Å². The summed E-state index contributed by atoms with van der Waals surface area (Å²) in [6, 6.07) is 4.24. The molecule has 0 saturated heterocycles. The van der Waals surface area contributed by atoms with E-state index in [9.17, 15) is 8.42 Å². The van der Waals surface area contributed by atoms with Crippen LogP contribution in [0.5, 0.6) is 0 Å². The highest BCUT2D eigenvalue weighted by Crippen LogP contribution is 2.25. The molecule has 0 saturated carbocycles. The van der Waals surface area contributed by atoms with Crippen molar-refractivity contribution < 1.29 is 8.42 Å². The molecule has 0 aliphatic rings. The number of rotatable bonds is 4. The highest BCUT2D eigenvalue weighted by molar-refractivity contribution is 7.89. The number of hydrogen-bond acceptors (Lipinski definition) is 4. The highest BCUT2D eigenvalue weighted by Gasteiger charge is 2.10. The zero-order chi connectivity index (χ0) is 13.2.